The molecule has 0 atom stereocenters. The van der Waals surface area contributed by atoms with E-state index in [4.69, 9.17) is 13.9 Å². The van der Waals surface area contributed by atoms with Crippen molar-refractivity contribution in [1.82, 2.24) is 15.2 Å². The monoisotopic (exact) mass is 615 g/mol. The van der Waals surface area contributed by atoms with Crippen molar-refractivity contribution < 1.29 is 8.83 Å². The lowest BCUT2D eigenvalue weighted by Crippen LogP contribution is -1.89. The van der Waals surface area contributed by atoms with Gasteiger partial charge in [-0.1, -0.05) is 91.0 Å². The maximum atomic E-state index is 6.47. The Morgan fingerprint density at radius 3 is 2.10 bits per heavy atom. The number of hydrogen-bond acceptors (Lipinski definition) is 3. The van der Waals surface area contributed by atoms with Crippen LogP contribution in [-0.2, 0) is 0 Å². The molecule has 48 heavy (non-hydrogen) atoms. The van der Waals surface area contributed by atoms with E-state index in [1.807, 2.05) is 18.2 Å². The molecule has 0 aliphatic heterocycles. The molecule has 0 amide bonds. The number of nitrogens with zero attached hydrogens (tertiary/aromatic N) is 1. The Balaban J connectivity index is 1.19. The van der Waals surface area contributed by atoms with Crippen molar-refractivity contribution >= 4 is 76.6 Å². The highest BCUT2D eigenvalue weighted by Gasteiger charge is 2.20. The summed E-state index contributed by atoms with van der Waals surface area (Å²) >= 11 is 0. The molecule has 0 saturated heterocycles. The summed E-state index contributed by atoms with van der Waals surface area (Å²) in [6, 6.07) is 48.8. The molecule has 4 heterocycles. The first-order valence-corrected chi connectivity index (χ1v) is 16.1. The van der Waals surface area contributed by atoms with Crippen LogP contribution in [0.1, 0.15) is 0 Å². The molecular weight excluding hydrogens is 590 g/mol. The zero-order valence-electron chi connectivity index (χ0n) is 25.5. The Morgan fingerprint density at radius 1 is 0.438 bits per heavy atom. The van der Waals surface area contributed by atoms with E-state index in [0.717, 1.165) is 99.3 Å². The van der Waals surface area contributed by atoms with Crippen molar-refractivity contribution in [2.45, 2.75) is 0 Å². The first kappa shape index (κ1) is 25.6. The number of aromatic amines is 2. The molecule has 7 aromatic carbocycles. The minimum atomic E-state index is 0.856. The van der Waals surface area contributed by atoms with Gasteiger partial charge in [-0.2, -0.15) is 5.10 Å². The van der Waals surface area contributed by atoms with Crippen LogP contribution in [-0.4, -0.2) is 15.2 Å². The number of hydrogen-bond donors (Lipinski definition) is 2. The van der Waals surface area contributed by atoms with E-state index < -0.39 is 0 Å². The van der Waals surface area contributed by atoms with E-state index in [9.17, 15) is 0 Å². The molecule has 0 radical (unpaired) electrons. The number of furan rings is 2. The van der Waals surface area contributed by atoms with Gasteiger partial charge in [-0.15, -0.1) is 0 Å². The molecule has 0 saturated carbocycles. The zero-order chi connectivity index (χ0) is 31.3. The summed E-state index contributed by atoms with van der Waals surface area (Å²) in [7, 11) is 0. The van der Waals surface area contributed by atoms with Gasteiger partial charge >= 0.3 is 0 Å². The number of para-hydroxylation sites is 4. The summed E-state index contributed by atoms with van der Waals surface area (Å²) < 4.78 is 12.9. The van der Waals surface area contributed by atoms with Crippen molar-refractivity contribution in [3.63, 3.8) is 0 Å². The van der Waals surface area contributed by atoms with Crippen molar-refractivity contribution in [2.24, 2.45) is 0 Å². The van der Waals surface area contributed by atoms with Crippen LogP contribution >= 0.6 is 0 Å². The molecule has 4 aromatic heterocycles. The number of benzene rings is 7. The van der Waals surface area contributed by atoms with Gasteiger partial charge < -0.3 is 13.8 Å². The van der Waals surface area contributed by atoms with Crippen LogP contribution in [0.2, 0.25) is 0 Å². The molecule has 0 spiro atoms. The molecule has 11 rings (SSSR count). The second-order valence-corrected chi connectivity index (χ2v) is 12.5. The maximum Gasteiger partial charge on any atom is 0.143 e. The third-order valence-electron chi connectivity index (χ3n) is 9.88. The Kier molecular flexibility index (Phi) is 5.05. The first-order valence-electron chi connectivity index (χ1n) is 16.1. The van der Waals surface area contributed by atoms with Crippen LogP contribution in [0.5, 0.6) is 0 Å². The largest absolute Gasteiger partial charge is 0.456 e. The van der Waals surface area contributed by atoms with Gasteiger partial charge in [0.2, 0.25) is 0 Å². The Morgan fingerprint density at radius 2 is 1.17 bits per heavy atom. The molecular formula is C43H25N3O2. The summed E-state index contributed by atoms with van der Waals surface area (Å²) in [4.78, 5) is 3.69. The molecule has 0 unspecified atom stereocenters. The van der Waals surface area contributed by atoms with Crippen molar-refractivity contribution in [2.75, 3.05) is 0 Å². The van der Waals surface area contributed by atoms with Crippen molar-refractivity contribution in [3.8, 4) is 33.5 Å². The van der Waals surface area contributed by atoms with Gasteiger partial charge in [0.15, 0.2) is 0 Å². The van der Waals surface area contributed by atoms with E-state index in [2.05, 4.69) is 131 Å². The van der Waals surface area contributed by atoms with E-state index >= 15 is 0 Å². The molecule has 0 aliphatic rings. The minimum absolute atomic E-state index is 0.856. The third-order valence-corrected chi connectivity index (χ3v) is 9.88. The highest BCUT2D eigenvalue weighted by Crippen LogP contribution is 2.43. The van der Waals surface area contributed by atoms with E-state index in [1.54, 1.807) is 0 Å². The third kappa shape index (κ3) is 3.53. The second-order valence-electron chi connectivity index (χ2n) is 12.5. The van der Waals surface area contributed by atoms with E-state index in [1.165, 1.54) is 10.8 Å². The van der Waals surface area contributed by atoms with E-state index in [-0.39, 0.29) is 0 Å². The minimum Gasteiger partial charge on any atom is -0.456 e. The topological polar surface area (TPSA) is 70.8 Å². The van der Waals surface area contributed by atoms with E-state index in [0.29, 0.717) is 0 Å². The normalized spacial score (nSPS) is 12.2. The predicted octanol–water partition coefficient (Wildman–Crippen LogP) is 12.0. The quantitative estimate of drug-likeness (QED) is 0.208. The van der Waals surface area contributed by atoms with Crippen LogP contribution in [0.15, 0.2) is 148 Å². The number of H-pyrrole nitrogens is 2. The Hall–Kier alpha value is -6.59. The predicted molar refractivity (Wildman–Crippen MR) is 196 cm³/mol. The lowest BCUT2D eigenvalue weighted by atomic mass is 9.91. The van der Waals surface area contributed by atoms with Crippen LogP contribution in [0.3, 0.4) is 0 Å². The van der Waals surface area contributed by atoms with Gasteiger partial charge in [-0.05, 0) is 65.2 Å². The summed E-state index contributed by atoms with van der Waals surface area (Å²) in [6.45, 7) is 0. The van der Waals surface area contributed by atoms with Crippen molar-refractivity contribution in [3.05, 3.63) is 140 Å². The number of fused-ring (bicyclic) bond motifs is 11. The highest BCUT2D eigenvalue weighted by atomic mass is 16.3. The van der Waals surface area contributed by atoms with Crippen LogP contribution in [0, 0.1) is 0 Å². The van der Waals surface area contributed by atoms with Gasteiger partial charge in [-0.25, -0.2) is 0 Å². The van der Waals surface area contributed by atoms with Gasteiger partial charge in [0, 0.05) is 49.0 Å². The van der Waals surface area contributed by atoms with Crippen LogP contribution in [0.25, 0.3) is 110 Å². The molecule has 224 valence electrons. The summed E-state index contributed by atoms with van der Waals surface area (Å²) in [6.07, 6.45) is 0. The van der Waals surface area contributed by atoms with Gasteiger partial charge in [0.05, 0.1) is 16.4 Å². The smallest absolute Gasteiger partial charge is 0.143 e. The van der Waals surface area contributed by atoms with Crippen LogP contribution < -0.4 is 0 Å². The standard InChI is InChI=1S/C43H25N3O2/c1-4-13-35-27(8-1)29-19-21-39-40(42(29)44-35)34-23-25(17-20-38(34)47-39)33-22-24(16-18-30(33)41-32-10-2-5-14-36(32)45-46-41)26-11-7-12-31-28-9-3-6-15-37(28)48-43(26)31/h1-23,44H,(H,45,46). The molecule has 2 N–H and O–H groups in total. The summed E-state index contributed by atoms with van der Waals surface area (Å²) in [5, 5.41) is 16.0. The molecule has 0 aliphatic carbocycles. The van der Waals surface area contributed by atoms with Gasteiger partial charge in [-0.3, -0.25) is 5.10 Å². The highest BCUT2D eigenvalue weighted by molar-refractivity contribution is 6.23. The molecule has 11 aromatic rings. The second kappa shape index (κ2) is 9.47. The van der Waals surface area contributed by atoms with Gasteiger partial charge in [0.1, 0.15) is 28.0 Å². The number of rotatable bonds is 3. The molecule has 0 bridgehead atoms. The summed E-state index contributed by atoms with van der Waals surface area (Å²) in [5.74, 6) is 0. The van der Waals surface area contributed by atoms with Crippen LogP contribution in [0.4, 0.5) is 0 Å². The van der Waals surface area contributed by atoms with Gasteiger partial charge in [0.25, 0.3) is 0 Å². The average Bonchev–Trinajstić information content (AvgIpc) is 3.92. The number of nitrogens with one attached hydrogen (secondary N) is 2. The maximum absolute atomic E-state index is 6.47. The first-order chi connectivity index (χ1) is 23.8. The molecule has 0 fully saturated rings. The lowest BCUT2D eigenvalue weighted by molar-refractivity contribution is 0.669. The zero-order valence-corrected chi connectivity index (χ0v) is 25.5. The fourth-order valence-corrected chi connectivity index (χ4v) is 7.65. The average molecular weight is 616 g/mol. The molecule has 5 heteroatoms. The summed E-state index contributed by atoms with van der Waals surface area (Å²) in [5.41, 5.74) is 13.0. The fraction of sp³-hybridized carbons (Fsp3) is 0. The fourth-order valence-electron chi connectivity index (χ4n) is 7.65. The SMILES string of the molecule is c1ccc2c(-c3ccc(-c4cccc5c4oc4ccccc45)cc3-c3ccc4oc5ccc6c7ccccc7[nH]c6c5c4c3)n[nH]c2c1. The lowest BCUT2D eigenvalue weighted by Gasteiger charge is -2.12. The molecule has 5 nitrogen and oxygen atoms in total. The Labute approximate surface area is 273 Å². The Bertz CT molecular complexity index is 3080. The number of aromatic nitrogens is 3. The van der Waals surface area contributed by atoms with Crippen molar-refractivity contribution in [1.29, 1.82) is 0 Å².